The van der Waals surface area contributed by atoms with E-state index in [4.69, 9.17) is 15.1 Å². The van der Waals surface area contributed by atoms with E-state index in [1.165, 1.54) is 6.07 Å². The lowest BCUT2D eigenvalue weighted by Gasteiger charge is -2.11. The molecule has 1 N–H and O–H groups in total. The minimum absolute atomic E-state index is 0.115. The highest BCUT2D eigenvalue weighted by atomic mass is 16.5. The van der Waals surface area contributed by atoms with Gasteiger partial charge in [0.2, 0.25) is 0 Å². The Bertz CT molecular complexity index is 654. The van der Waals surface area contributed by atoms with E-state index in [-0.39, 0.29) is 5.56 Å². The van der Waals surface area contributed by atoms with Gasteiger partial charge in [0.05, 0.1) is 11.6 Å². The lowest BCUT2D eigenvalue weighted by Crippen LogP contribution is -2.01. The average molecular weight is 253 g/mol. The number of rotatable bonds is 3. The number of benzene rings is 2. The molecule has 2 aromatic carbocycles. The molecule has 0 unspecified atom stereocenters. The molecule has 0 aromatic heterocycles. The van der Waals surface area contributed by atoms with Gasteiger partial charge in [0.25, 0.3) is 0 Å². The van der Waals surface area contributed by atoms with Gasteiger partial charge in [-0.2, -0.15) is 5.26 Å². The molecule has 2 aromatic rings. The molecule has 0 saturated carbocycles. The summed E-state index contributed by atoms with van der Waals surface area (Å²) in [5.41, 5.74) is 1.38. The zero-order chi connectivity index (χ0) is 13.8. The first kappa shape index (κ1) is 12.7. The predicted molar refractivity (Wildman–Crippen MR) is 69.4 cm³/mol. The Balaban J connectivity index is 2.37. The summed E-state index contributed by atoms with van der Waals surface area (Å²) < 4.78 is 5.61. The molecule has 0 fully saturated rings. The van der Waals surface area contributed by atoms with Crippen molar-refractivity contribution < 1.29 is 14.6 Å². The summed E-state index contributed by atoms with van der Waals surface area (Å²) in [7, 11) is 0. The molecule has 94 valence electrons. The van der Waals surface area contributed by atoms with Gasteiger partial charge in [-0.15, -0.1) is 0 Å². The van der Waals surface area contributed by atoms with Crippen LogP contribution in [0.15, 0.2) is 42.5 Å². The van der Waals surface area contributed by atoms with E-state index in [1.54, 1.807) is 43.3 Å². The topological polar surface area (TPSA) is 70.3 Å². The molecule has 0 aliphatic heterocycles. The average Bonchev–Trinajstić information content (AvgIpc) is 2.41. The summed E-state index contributed by atoms with van der Waals surface area (Å²) >= 11 is 0. The van der Waals surface area contributed by atoms with Gasteiger partial charge >= 0.3 is 5.97 Å². The normalized spacial score (nSPS) is 9.68. The number of carboxylic acids is 1. The number of hydrogen-bond donors (Lipinski definition) is 1. The van der Waals surface area contributed by atoms with Crippen molar-refractivity contribution in [3.8, 4) is 17.6 Å². The van der Waals surface area contributed by atoms with Gasteiger partial charge in [0, 0.05) is 0 Å². The van der Waals surface area contributed by atoms with Gasteiger partial charge < -0.3 is 9.84 Å². The Morgan fingerprint density at radius 1 is 1.21 bits per heavy atom. The van der Waals surface area contributed by atoms with Crippen molar-refractivity contribution in [3.05, 3.63) is 59.2 Å². The van der Waals surface area contributed by atoms with E-state index in [2.05, 4.69) is 0 Å². The van der Waals surface area contributed by atoms with Crippen LogP contribution in [-0.2, 0) is 0 Å². The molecular formula is C15H11NO3. The minimum atomic E-state index is -1.03. The number of nitriles is 1. The van der Waals surface area contributed by atoms with Gasteiger partial charge in [-0.25, -0.2) is 4.79 Å². The zero-order valence-corrected chi connectivity index (χ0v) is 10.3. The van der Waals surface area contributed by atoms with Gasteiger partial charge in [0.1, 0.15) is 17.1 Å². The van der Waals surface area contributed by atoms with Crippen LogP contribution in [0.25, 0.3) is 0 Å². The largest absolute Gasteiger partial charge is 0.478 e. The minimum Gasteiger partial charge on any atom is -0.478 e. The molecular weight excluding hydrogens is 242 g/mol. The molecule has 0 spiro atoms. The van der Waals surface area contributed by atoms with Crippen LogP contribution in [0.1, 0.15) is 21.5 Å². The fourth-order valence-electron chi connectivity index (χ4n) is 1.67. The van der Waals surface area contributed by atoms with E-state index in [0.29, 0.717) is 17.1 Å². The highest BCUT2D eigenvalue weighted by Gasteiger charge is 2.14. The maximum Gasteiger partial charge on any atom is 0.339 e. The van der Waals surface area contributed by atoms with Gasteiger partial charge in [-0.3, -0.25) is 0 Å². The van der Waals surface area contributed by atoms with Crippen molar-refractivity contribution in [2.24, 2.45) is 0 Å². The fourth-order valence-corrected chi connectivity index (χ4v) is 1.67. The fraction of sp³-hybridized carbons (Fsp3) is 0.0667. The van der Waals surface area contributed by atoms with E-state index in [0.717, 1.165) is 5.56 Å². The molecule has 2 rings (SSSR count). The number of para-hydroxylation sites is 1. The smallest absolute Gasteiger partial charge is 0.339 e. The Hall–Kier alpha value is -2.80. The Morgan fingerprint density at radius 2 is 1.89 bits per heavy atom. The van der Waals surface area contributed by atoms with Crippen LogP contribution in [0.4, 0.5) is 0 Å². The van der Waals surface area contributed by atoms with Crippen LogP contribution in [0.5, 0.6) is 11.5 Å². The Kier molecular flexibility index (Phi) is 3.48. The van der Waals surface area contributed by atoms with Crippen LogP contribution in [0.2, 0.25) is 0 Å². The third kappa shape index (κ3) is 2.72. The molecule has 0 bridgehead atoms. The highest BCUT2D eigenvalue weighted by Crippen LogP contribution is 2.29. The summed E-state index contributed by atoms with van der Waals surface area (Å²) in [5.74, 6) is -0.220. The molecule has 4 nitrogen and oxygen atoms in total. The number of aryl methyl sites for hydroxylation is 1. The molecule has 19 heavy (non-hydrogen) atoms. The molecule has 0 radical (unpaired) electrons. The third-order valence-electron chi connectivity index (χ3n) is 2.65. The third-order valence-corrected chi connectivity index (χ3v) is 2.65. The first-order valence-electron chi connectivity index (χ1n) is 5.62. The number of ether oxygens (including phenoxy) is 1. The molecule has 0 atom stereocenters. The van der Waals surface area contributed by atoms with Crippen molar-refractivity contribution in [2.45, 2.75) is 6.92 Å². The van der Waals surface area contributed by atoms with Crippen LogP contribution < -0.4 is 4.74 Å². The van der Waals surface area contributed by atoms with E-state index in [1.807, 2.05) is 6.07 Å². The van der Waals surface area contributed by atoms with Crippen LogP contribution in [-0.4, -0.2) is 11.1 Å². The monoisotopic (exact) mass is 253 g/mol. The first-order valence-corrected chi connectivity index (χ1v) is 5.62. The van der Waals surface area contributed by atoms with Crippen molar-refractivity contribution in [1.29, 1.82) is 5.26 Å². The molecule has 0 aliphatic rings. The maximum atomic E-state index is 11.1. The van der Waals surface area contributed by atoms with E-state index in [9.17, 15) is 4.79 Å². The second kappa shape index (κ2) is 5.23. The lowest BCUT2D eigenvalue weighted by molar-refractivity contribution is 0.0694. The van der Waals surface area contributed by atoms with Crippen molar-refractivity contribution in [3.63, 3.8) is 0 Å². The second-order valence-corrected chi connectivity index (χ2v) is 3.99. The SMILES string of the molecule is Cc1cccc(C(=O)O)c1Oc1ccc(C#N)cc1. The van der Waals surface area contributed by atoms with Gasteiger partial charge in [-0.1, -0.05) is 12.1 Å². The summed E-state index contributed by atoms with van der Waals surface area (Å²) in [5, 5.41) is 17.8. The quantitative estimate of drug-likeness (QED) is 0.910. The number of carboxylic acid groups (broad SMARTS) is 1. The van der Waals surface area contributed by atoms with Gasteiger partial charge in [-0.05, 0) is 42.8 Å². The number of carbonyl (C=O) groups is 1. The van der Waals surface area contributed by atoms with Crippen molar-refractivity contribution in [1.82, 2.24) is 0 Å². The summed E-state index contributed by atoms with van der Waals surface area (Å²) in [4.78, 5) is 11.1. The Labute approximate surface area is 110 Å². The summed E-state index contributed by atoms with van der Waals surface area (Å²) in [6.07, 6.45) is 0. The highest BCUT2D eigenvalue weighted by molar-refractivity contribution is 5.91. The zero-order valence-electron chi connectivity index (χ0n) is 10.3. The maximum absolute atomic E-state index is 11.1. The summed E-state index contributed by atoms with van der Waals surface area (Å²) in [6, 6.07) is 13.5. The van der Waals surface area contributed by atoms with E-state index < -0.39 is 5.97 Å². The van der Waals surface area contributed by atoms with Crippen LogP contribution in [0.3, 0.4) is 0 Å². The number of nitrogens with zero attached hydrogens (tertiary/aromatic N) is 1. The molecule has 0 aliphatic carbocycles. The molecule has 0 heterocycles. The first-order chi connectivity index (χ1) is 9.11. The van der Waals surface area contributed by atoms with Gasteiger partial charge in [0.15, 0.2) is 0 Å². The standard InChI is InChI=1S/C15H11NO3/c1-10-3-2-4-13(15(17)18)14(10)19-12-7-5-11(9-16)6-8-12/h2-8H,1H3,(H,17,18). The molecule has 0 saturated heterocycles. The number of hydrogen-bond acceptors (Lipinski definition) is 3. The van der Waals surface area contributed by atoms with Crippen LogP contribution in [0, 0.1) is 18.3 Å². The molecule has 4 heteroatoms. The van der Waals surface area contributed by atoms with Crippen LogP contribution >= 0.6 is 0 Å². The second-order valence-electron chi connectivity index (χ2n) is 3.99. The lowest BCUT2D eigenvalue weighted by atomic mass is 10.1. The molecule has 0 amide bonds. The Morgan fingerprint density at radius 3 is 2.47 bits per heavy atom. The number of aromatic carboxylic acids is 1. The predicted octanol–water partition coefficient (Wildman–Crippen LogP) is 3.36. The van der Waals surface area contributed by atoms with Crippen molar-refractivity contribution >= 4 is 5.97 Å². The van der Waals surface area contributed by atoms with E-state index >= 15 is 0 Å². The summed E-state index contributed by atoms with van der Waals surface area (Å²) in [6.45, 7) is 1.78. The van der Waals surface area contributed by atoms with Crippen molar-refractivity contribution in [2.75, 3.05) is 0 Å².